The molecule has 0 bridgehead atoms. The number of amides is 1. The van der Waals surface area contributed by atoms with Gasteiger partial charge in [0.2, 0.25) is 6.41 Å². The Morgan fingerprint density at radius 2 is 2.05 bits per heavy atom. The molecule has 0 unspecified atom stereocenters. The van der Waals surface area contributed by atoms with E-state index in [0.717, 1.165) is 39.3 Å². The molecule has 1 aromatic rings. The molecule has 1 aromatic carbocycles. The van der Waals surface area contributed by atoms with Gasteiger partial charge in [-0.2, -0.15) is 0 Å². The van der Waals surface area contributed by atoms with E-state index in [4.69, 9.17) is 27.9 Å². The first kappa shape index (κ1) is 14.6. The number of anilines is 1. The average molecular weight is 303 g/mol. The van der Waals surface area contributed by atoms with Crippen LogP contribution >= 0.6 is 23.2 Å². The maximum absolute atomic E-state index is 11.2. The van der Waals surface area contributed by atoms with Gasteiger partial charge >= 0.3 is 0 Å². The molecule has 1 heterocycles. The van der Waals surface area contributed by atoms with Crippen LogP contribution in [0, 0.1) is 0 Å². The van der Waals surface area contributed by atoms with Crippen LogP contribution in [0.4, 0.5) is 5.69 Å². The molecule has 0 aliphatic carbocycles. The third-order valence-corrected chi connectivity index (χ3v) is 3.65. The monoisotopic (exact) mass is 302 g/mol. The quantitative estimate of drug-likeness (QED) is 0.783. The summed E-state index contributed by atoms with van der Waals surface area (Å²) in [5, 5.41) is 1.05. The first-order valence-corrected chi connectivity index (χ1v) is 6.93. The van der Waals surface area contributed by atoms with Crippen LogP contribution in [-0.2, 0) is 9.53 Å². The highest BCUT2D eigenvalue weighted by molar-refractivity contribution is 6.36. The molecule has 104 valence electrons. The van der Waals surface area contributed by atoms with Gasteiger partial charge in [-0.15, -0.1) is 0 Å². The van der Waals surface area contributed by atoms with Gasteiger partial charge in [0, 0.05) is 31.2 Å². The summed E-state index contributed by atoms with van der Waals surface area (Å²) in [7, 11) is 0. The lowest BCUT2D eigenvalue weighted by Crippen LogP contribution is -2.41. The molecular weight excluding hydrogens is 287 g/mol. The first-order chi connectivity index (χ1) is 9.20. The highest BCUT2D eigenvalue weighted by atomic mass is 35.5. The fourth-order valence-electron chi connectivity index (χ4n) is 2.02. The van der Waals surface area contributed by atoms with E-state index >= 15 is 0 Å². The van der Waals surface area contributed by atoms with E-state index in [0.29, 0.717) is 22.3 Å². The zero-order valence-corrected chi connectivity index (χ0v) is 12.0. The van der Waals surface area contributed by atoms with Gasteiger partial charge in [-0.1, -0.05) is 23.2 Å². The van der Waals surface area contributed by atoms with Crippen molar-refractivity contribution in [2.24, 2.45) is 0 Å². The summed E-state index contributed by atoms with van der Waals surface area (Å²) in [5.41, 5.74) is 0.689. The largest absolute Gasteiger partial charge is 0.379 e. The molecule has 6 heteroatoms. The molecule has 0 aromatic heterocycles. The summed E-state index contributed by atoms with van der Waals surface area (Å²) in [6.45, 7) is 4.72. The molecule has 19 heavy (non-hydrogen) atoms. The van der Waals surface area contributed by atoms with E-state index in [9.17, 15) is 4.79 Å². The second-order valence-corrected chi connectivity index (χ2v) is 5.19. The van der Waals surface area contributed by atoms with Crippen LogP contribution in [0.1, 0.15) is 0 Å². The highest BCUT2D eigenvalue weighted by Crippen LogP contribution is 2.28. The van der Waals surface area contributed by atoms with E-state index in [1.165, 1.54) is 0 Å². The maximum Gasteiger partial charge on any atom is 0.214 e. The van der Waals surface area contributed by atoms with E-state index in [1.54, 1.807) is 23.1 Å². The molecule has 1 fully saturated rings. The van der Waals surface area contributed by atoms with Crippen LogP contribution in [0.3, 0.4) is 0 Å². The molecular formula is C13H16Cl2N2O2. The minimum atomic E-state index is 0.488. The second-order valence-electron chi connectivity index (χ2n) is 4.35. The van der Waals surface area contributed by atoms with Crippen LogP contribution < -0.4 is 4.90 Å². The van der Waals surface area contributed by atoms with Crippen molar-refractivity contribution in [3.05, 3.63) is 28.2 Å². The van der Waals surface area contributed by atoms with E-state index in [1.807, 2.05) is 0 Å². The van der Waals surface area contributed by atoms with Crippen LogP contribution in [0.25, 0.3) is 0 Å². The number of morpholine rings is 1. The number of carbonyl (C=O) groups is 1. The Morgan fingerprint density at radius 1 is 1.32 bits per heavy atom. The molecule has 0 spiro atoms. The molecule has 0 atom stereocenters. The van der Waals surface area contributed by atoms with Gasteiger partial charge in [-0.05, 0) is 18.2 Å². The van der Waals surface area contributed by atoms with E-state index in [2.05, 4.69) is 4.90 Å². The van der Waals surface area contributed by atoms with Crippen molar-refractivity contribution in [3.8, 4) is 0 Å². The fourth-order valence-corrected chi connectivity index (χ4v) is 2.54. The summed E-state index contributed by atoms with van der Waals surface area (Å²) >= 11 is 12.0. The Bertz CT molecular complexity index is 437. The Morgan fingerprint density at radius 3 is 2.68 bits per heavy atom. The Balaban J connectivity index is 1.97. The minimum Gasteiger partial charge on any atom is -0.379 e. The molecule has 0 saturated carbocycles. The normalized spacial score (nSPS) is 16.3. The van der Waals surface area contributed by atoms with Crippen molar-refractivity contribution in [3.63, 3.8) is 0 Å². The minimum absolute atomic E-state index is 0.488. The molecule has 4 nitrogen and oxygen atoms in total. The molecule has 1 saturated heterocycles. The first-order valence-electron chi connectivity index (χ1n) is 6.18. The van der Waals surface area contributed by atoms with Crippen LogP contribution in [0.2, 0.25) is 10.0 Å². The molecule has 0 radical (unpaired) electrons. The van der Waals surface area contributed by atoms with Crippen molar-refractivity contribution in [2.45, 2.75) is 0 Å². The summed E-state index contributed by atoms with van der Waals surface area (Å²) < 4.78 is 5.29. The summed E-state index contributed by atoms with van der Waals surface area (Å²) in [4.78, 5) is 15.1. The number of rotatable bonds is 5. The van der Waals surface area contributed by atoms with E-state index in [-0.39, 0.29) is 0 Å². The van der Waals surface area contributed by atoms with Gasteiger partial charge < -0.3 is 9.64 Å². The summed E-state index contributed by atoms with van der Waals surface area (Å²) in [6.07, 6.45) is 0.801. The van der Waals surface area contributed by atoms with Crippen molar-refractivity contribution in [1.82, 2.24) is 4.90 Å². The van der Waals surface area contributed by atoms with Gasteiger partial charge in [-0.3, -0.25) is 9.69 Å². The number of hydrogen-bond donors (Lipinski definition) is 0. The summed E-state index contributed by atoms with van der Waals surface area (Å²) in [5.74, 6) is 0. The third kappa shape index (κ3) is 4.08. The SMILES string of the molecule is O=CN(CCN1CCOCC1)c1ccc(Cl)cc1Cl. The smallest absolute Gasteiger partial charge is 0.214 e. The Labute approximate surface area is 122 Å². The lowest BCUT2D eigenvalue weighted by Gasteiger charge is -2.28. The molecule has 2 rings (SSSR count). The number of halogens is 2. The molecule has 0 N–H and O–H groups in total. The van der Waals surface area contributed by atoms with Crippen molar-refractivity contribution < 1.29 is 9.53 Å². The van der Waals surface area contributed by atoms with Crippen molar-refractivity contribution in [2.75, 3.05) is 44.3 Å². The molecule has 1 amide bonds. The molecule has 1 aliphatic rings. The van der Waals surface area contributed by atoms with E-state index < -0.39 is 0 Å². The molecule has 1 aliphatic heterocycles. The van der Waals surface area contributed by atoms with Gasteiger partial charge in [-0.25, -0.2) is 0 Å². The topological polar surface area (TPSA) is 32.8 Å². The zero-order chi connectivity index (χ0) is 13.7. The standard InChI is InChI=1S/C13H16Cl2N2O2/c14-11-1-2-13(12(15)9-11)17(10-18)4-3-16-5-7-19-8-6-16/h1-2,9-10H,3-8H2. The lowest BCUT2D eigenvalue weighted by atomic mass is 10.3. The van der Waals surface area contributed by atoms with Crippen molar-refractivity contribution >= 4 is 35.3 Å². The predicted molar refractivity (Wildman–Crippen MR) is 77.1 cm³/mol. The van der Waals surface area contributed by atoms with Crippen molar-refractivity contribution in [1.29, 1.82) is 0 Å². The van der Waals surface area contributed by atoms with Crippen LogP contribution in [-0.4, -0.2) is 50.7 Å². The lowest BCUT2D eigenvalue weighted by molar-refractivity contribution is -0.107. The van der Waals surface area contributed by atoms with Crippen LogP contribution in [0.5, 0.6) is 0 Å². The third-order valence-electron chi connectivity index (χ3n) is 3.11. The van der Waals surface area contributed by atoms with Crippen LogP contribution in [0.15, 0.2) is 18.2 Å². The number of benzene rings is 1. The Kier molecular flexibility index (Phi) is 5.45. The van der Waals surface area contributed by atoms with Gasteiger partial charge in [0.05, 0.1) is 23.9 Å². The summed E-state index contributed by atoms with van der Waals surface area (Å²) in [6, 6.07) is 5.13. The highest BCUT2D eigenvalue weighted by Gasteiger charge is 2.14. The maximum atomic E-state index is 11.2. The van der Waals surface area contributed by atoms with Gasteiger partial charge in [0.15, 0.2) is 0 Å². The van der Waals surface area contributed by atoms with Gasteiger partial charge in [0.1, 0.15) is 0 Å². The fraction of sp³-hybridized carbons (Fsp3) is 0.462. The number of nitrogens with zero attached hydrogens (tertiary/aromatic N) is 2. The zero-order valence-electron chi connectivity index (χ0n) is 10.5. The predicted octanol–water partition coefficient (Wildman–Crippen LogP) is 2.29. The number of carbonyl (C=O) groups excluding carboxylic acids is 1. The second kappa shape index (κ2) is 7.10. The Hall–Kier alpha value is -0.810. The number of ether oxygens (including phenoxy) is 1. The number of hydrogen-bond acceptors (Lipinski definition) is 3. The average Bonchev–Trinajstić information content (AvgIpc) is 2.42. The van der Waals surface area contributed by atoms with Gasteiger partial charge in [0.25, 0.3) is 0 Å².